The zero-order valence-corrected chi connectivity index (χ0v) is 11.5. The number of anilines is 2. The largest absolute Gasteiger partial charge is 0.447 e. The van der Waals surface area contributed by atoms with Gasteiger partial charge in [-0.3, -0.25) is 4.90 Å². The molecular formula is C14H19N3O3. The Morgan fingerprint density at radius 1 is 1.45 bits per heavy atom. The van der Waals surface area contributed by atoms with Crippen LogP contribution in [-0.4, -0.2) is 31.8 Å². The molecule has 1 aromatic rings. The topological polar surface area (TPSA) is 70.7 Å². The third kappa shape index (κ3) is 3.63. The van der Waals surface area contributed by atoms with Gasteiger partial charge in [0.05, 0.1) is 6.54 Å². The lowest BCUT2D eigenvalue weighted by Crippen LogP contribution is -2.29. The smallest absolute Gasteiger partial charge is 0.414 e. The molecule has 1 saturated heterocycles. The van der Waals surface area contributed by atoms with E-state index in [4.69, 9.17) is 4.74 Å². The van der Waals surface area contributed by atoms with Crippen molar-refractivity contribution in [3.63, 3.8) is 0 Å². The maximum absolute atomic E-state index is 11.7. The number of hydrogen-bond donors (Lipinski definition) is 2. The Morgan fingerprint density at radius 2 is 2.30 bits per heavy atom. The van der Waals surface area contributed by atoms with Crippen LogP contribution in [0.15, 0.2) is 24.3 Å². The minimum atomic E-state index is -0.352. The molecule has 1 fully saturated rings. The van der Waals surface area contributed by atoms with Crippen molar-refractivity contribution < 1.29 is 14.3 Å². The van der Waals surface area contributed by atoms with Crippen molar-refractivity contribution >= 4 is 23.5 Å². The van der Waals surface area contributed by atoms with Gasteiger partial charge in [-0.15, -0.1) is 0 Å². The summed E-state index contributed by atoms with van der Waals surface area (Å²) < 4.78 is 4.89. The summed E-state index contributed by atoms with van der Waals surface area (Å²) in [4.78, 5) is 24.7. The van der Waals surface area contributed by atoms with Crippen LogP contribution in [0.4, 0.5) is 21.0 Å². The van der Waals surface area contributed by atoms with Crippen molar-refractivity contribution in [2.24, 2.45) is 0 Å². The van der Waals surface area contributed by atoms with E-state index in [-0.39, 0.29) is 12.1 Å². The molecule has 0 unspecified atom stereocenters. The van der Waals surface area contributed by atoms with Gasteiger partial charge in [-0.2, -0.15) is 0 Å². The fraction of sp³-hybridized carbons (Fsp3) is 0.429. The van der Waals surface area contributed by atoms with Crippen LogP contribution < -0.4 is 15.5 Å². The van der Waals surface area contributed by atoms with E-state index in [0.717, 1.165) is 18.5 Å². The fourth-order valence-corrected chi connectivity index (χ4v) is 1.93. The van der Waals surface area contributed by atoms with Crippen molar-refractivity contribution in [2.75, 3.05) is 29.9 Å². The molecule has 108 valence electrons. The maximum Gasteiger partial charge on any atom is 0.414 e. The van der Waals surface area contributed by atoms with E-state index in [9.17, 15) is 9.59 Å². The van der Waals surface area contributed by atoms with Crippen LogP contribution in [0.5, 0.6) is 0 Å². The molecule has 0 spiro atoms. The number of carbonyl (C=O) groups is 2. The van der Waals surface area contributed by atoms with Crippen LogP contribution >= 0.6 is 0 Å². The summed E-state index contributed by atoms with van der Waals surface area (Å²) in [7, 11) is 0. The van der Waals surface area contributed by atoms with Gasteiger partial charge in [0.25, 0.3) is 0 Å². The summed E-state index contributed by atoms with van der Waals surface area (Å²) in [5.41, 5.74) is 1.37. The molecule has 0 bridgehead atoms. The molecule has 1 heterocycles. The van der Waals surface area contributed by atoms with Gasteiger partial charge in [-0.05, 0) is 24.6 Å². The zero-order chi connectivity index (χ0) is 14.4. The van der Waals surface area contributed by atoms with E-state index in [2.05, 4.69) is 17.6 Å². The third-order valence-corrected chi connectivity index (χ3v) is 2.99. The summed E-state index contributed by atoms with van der Waals surface area (Å²) in [5, 5.41) is 5.53. The molecule has 1 aromatic carbocycles. The van der Waals surface area contributed by atoms with Crippen LogP contribution in [0, 0.1) is 0 Å². The number of ether oxygens (including phenoxy) is 1. The van der Waals surface area contributed by atoms with E-state index in [1.165, 1.54) is 0 Å². The molecule has 0 aromatic heterocycles. The molecule has 2 N–H and O–H groups in total. The molecule has 0 aliphatic carbocycles. The zero-order valence-electron chi connectivity index (χ0n) is 11.5. The molecule has 0 atom stereocenters. The summed E-state index contributed by atoms with van der Waals surface area (Å²) in [6.07, 6.45) is 1.63. The fourth-order valence-electron chi connectivity index (χ4n) is 1.93. The number of urea groups is 1. The van der Waals surface area contributed by atoms with E-state index in [1.54, 1.807) is 23.1 Å². The monoisotopic (exact) mass is 277 g/mol. The molecule has 20 heavy (non-hydrogen) atoms. The lowest BCUT2D eigenvalue weighted by atomic mass is 10.2. The predicted octanol–water partition coefficient (Wildman–Crippen LogP) is 2.56. The first-order valence-electron chi connectivity index (χ1n) is 6.80. The second-order valence-electron chi connectivity index (χ2n) is 4.55. The van der Waals surface area contributed by atoms with Crippen molar-refractivity contribution in [1.82, 2.24) is 5.32 Å². The Hall–Kier alpha value is -2.24. The molecule has 1 aliphatic rings. The normalized spacial score (nSPS) is 14.1. The molecule has 0 radical (unpaired) electrons. The van der Waals surface area contributed by atoms with Gasteiger partial charge < -0.3 is 15.4 Å². The highest BCUT2D eigenvalue weighted by Gasteiger charge is 2.23. The highest BCUT2D eigenvalue weighted by atomic mass is 16.6. The van der Waals surface area contributed by atoms with Crippen LogP contribution in [0.2, 0.25) is 0 Å². The lowest BCUT2D eigenvalue weighted by Gasteiger charge is -2.14. The van der Waals surface area contributed by atoms with E-state index in [1.807, 2.05) is 6.07 Å². The Morgan fingerprint density at radius 3 is 3.00 bits per heavy atom. The first kappa shape index (κ1) is 14.2. The van der Waals surface area contributed by atoms with Crippen molar-refractivity contribution in [2.45, 2.75) is 19.8 Å². The number of nitrogens with zero attached hydrogens (tertiary/aromatic N) is 1. The summed E-state index contributed by atoms with van der Waals surface area (Å²) in [6, 6.07) is 6.91. The van der Waals surface area contributed by atoms with Crippen LogP contribution in [0.3, 0.4) is 0 Å². The van der Waals surface area contributed by atoms with Gasteiger partial charge in [0.1, 0.15) is 6.61 Å². The minimum absolute atomic E-state index is 0.236. The Balaban J connectivity index is 1.95. The average molecular weight is 277 g/mol. The lowest BCUT2D eigenvalue weighted by molar-refractivity contribution is 0.181. The highest BCUT2D eigenvalue weighted by molar-refractivity contribution is 5.93. The average Bonchev–Trinajstić information content (AvgIpc) is 2.85. The van der Waals surface area contributed by atoms with Gasteiger partial charge in [-0.25, -0.2) is 9.59 Å². The SMILES string of the molecule is CCCCNC(=O)Nc1cccc(N2CCOC2=O)c1. The van der Waals surface area contributed by atoms with Crippen LogP contribution in [0.25, 0.3) is 0 Å². The molecular weight excluding hydrogens is 258 g/mol. The number of rotatable bonds is 5. The second-order valence-corrected chi connectivity index (χ2v) is 4.55. The number of carbonyl (C=O) groups excluding carboxylic acids is 2. The minimum Gasteiger partial charge on any atom is -0.447 e. The van der Waals surface area contributed by atoms with Gasteiger partial charge in [0.15, 0.2) is 0 Å². The Bertz CT molecular complexity index is 490. The van der Waals surface area contributed by atoms with Gasteiger partial charge in [0, 0.05) is 17.9 Å². The van der Waals surface area contributed by atoms with Crippen LogP contribution in [0.1, 0.15) is 19.8 Å². The number of amides is 3. The molecule has 3 amide bonds. The highest BCUT2D eigenvalue weighted by Crippen LogP contribution is 2.22. The first-order valence-corrected chi connectivity index (χ1v) is 6.80. The molecule has 0 saturated carbocycles. The van der Waals surface area contributed by atoms with E-state index in [0.29, 0.717) is 25.4 Å². The van der Waals surface area contributed by atoms with Gasteiger partial charge >= 0.3 is 12.1 Å². The Labute approximate surface area is 118 Å². The quantitative estimate of drug-likeness (QED) is 0.813. The molecule has 6 nitrogen and oxygen atoms in total. The van der Waals surface area contributed by atoms with Crippen LogP contribution in [-0.2, 0) is 4.74 Å². The second kappa shape index (κ2) is 6.79. The summed E-state index contributed by atoms with van der Waals surface area (Å²) in [5.74, 6) is 0. The van der Waals surface area contributed by atoms with Crippen molar-refractivity contribution in [3.8, 4) is 0 Å². The van der Waals surface area contributed by atoms with Gasteiger partial charge in [0.2, 0.25) is 0 Å². The van der Waals surface area contributed by atoms with Crippen molar-refractivity contribution in [1.29, 1.82) is 0 Å². The molecule has 6 heteroatoms. The number of unbranched alkanes of at least 4 members (excludes halogenated alkanes) is 1. The number of nitrogens with one attached hydrogen (secondary N) is 2. The van der Waals surface area contributed by atoms with Crippen molar-refractivity contribution in [3.05, 3.63) is 24.3 Å². The van der Waals surface area contributed by atoms with E-state index < -0.39 is 0 Å². The maximum atomic E-state index is 11.7. The first-order chi connectivity index (χ1) is 9.70. The standard InChI is InChI=1S/C14H19N3O3/c1-2-3-7-15-13(18)16-11-5-4-6-12(10-11)17-8-9-20-14(17)19/h4-6,10H,2-3,7-9H2,1H3,(H2,15,16,18). The molecule has 2 rings (SSSR count). The summed E-state index contributed by atoms with van der Waals surface area (Å²) >= 11 is 0. The van der Waals surface area contributed by atoms with Gasteiger partial charge in [-0.1, -0.05) is 19.4 Å². The molecule has 1 aliphatic heterocycles. The number of benzene rings is 1. The number of cyclic esters (lactones) is 1. The predicted molar refractivity (Wildman–Crippen MR) is 77.1 cm³/mol. The summed E-state index contributed by atoms with van der Waals surface area (Å²) in [6.45, 7) is 3.65. The number of hydrogen-bond acceptors (Lipinski definition) is 3. The van der Waals surface area contributed by atoms with E-state index >= 15 is 0 Å². The Kier molecular flexibility index (Phi) is 4.81. The third-order valence-electron chi connectivity index (χ3n) is 2.99.